The molecule has 0 aliphatic heterocycles. The Morgan fingerprint density at radius 1 is 1.19 bits per heavy atom. The van der Waals surface area contributed by atoms with Crippen LogP contribution in [0, 0.1) is 10.1 Å². The van der Waals surface area contributed by atoms with E-state index >= 15 is 0 Å². The van der Waals surface area contributed by atoms with E-state index in [4.69, 9.17) is 4.74 Å². The van der Waals surface area contributed by atoms with E-state index in [2.05, 4.69) is 10.4 Å². The van der Waals surface area contributed by atoms with Crippen molar-refractivity contribution in [3.63, 3.8) is 0 Å². The third-order valence-corrected chi connectivity index (χ3v) is 3.67. The first-order valence-corrected chi connectivity index (χ1v) is 8.30. The molecule has 0 fully saturated rings. The van der Waals surface area contributed by atoms with Gasteiger partial charge in [-0.2, -0.15) is 5.10 Å². The molecule has 0 bridgehead atoms. The van der Waals surface area contributed by atoms with Crippen LogP contribution in [0.1, 0.15) is 24.2 Å². The Bertz CT molecular complexity index is 964. The van der Waals surface area contributed by atoms with Crippen LogP contribution in [0.15, 0.2) is 60.9 Å². The van der Waals surface area contributed by atoms with Crippen molar-refractivity contribution in [1.82, 2.24) is 9.78 Å². The topological polar surface area (TPSA) is 99.3 Å². The second kappa shape index (κ2) is 7.69. The maximum absolute atomic E-state index is 12.5. The Balaban J connectivity index is 1.77. The number of anilines is 1. The van der Waals surface area contributed by atoms with Crippen LogP contribution in [0.3, 0.4) is 0 Å². The van der Waals surface area contributed by atoms with Gasteiger partial charge in [-0.25, -0.2) is 4.68 Å². The Morgan fingerprint density at radius 2 is 1.89 bits per heavy atom. The van der Waals surface area contributed by atoms with Gasteiger partial charge < -0.3 is 10.1 Å². The van der Waals surface area contributed by atoms with Crippen LogP contribution in [-0.4, -0.2) is 26.7 Å². The van der Waals surface area contributed by atoms with E-state index < -0.39 is 4.92 Å². The summed E-state index contributed by atoms with van der Waals surface area (Å²) in [6.45, 7) is 3.82. The Kier molecular flexibility index (Phi) is 5.16. The van der Waals surface area contributed by atoms with Gasteiger partial charge in [0.1, 0.15) is 5.75 Å². The normalized spacial score (nSPS) is 10.6. The van der Waals surface area contributed by atoms with Crippen molar-refractivity contribution in [2.24, 2.45) is 0 Å². The number of nitro benzene ring substituents is 1. The van der Waals surface area contributed by atoms with E-state index in [1.54, 1.807) is 30.5 Å². The number of para-hydroxylation sites is 2. The summed E-state index contributed by atoms with van der Waals surface area (Å²) >= 11 is 0. The molecule has 1 aromatic heterocycles. The zero-order chi connectivity index (χ0) is 19.4. The molecule has 27 heavy (non-hydrogen) atoms. The largest absolute Gasteiger partial charge is 0.489 e. The minimum absolute atomic E-state index is 0.00867. The molecule has 2 aromatic carbocycles. The maximum Gasteiger partial charge on any atom is 0.269 e. The number of aromatic nitrogens is 2. The predicted molar refractivity (Wildman–Crippen MR) is 100 cm³/mol. The van der Waals surface area contributed by atoms with Crippen LogP contribution < -0.4 is 10.1 Å². The minimum atomic E-state index is -0.470. The highest BCUT2D eigenvalue weighted by molar-refractivity contribution is 6.04. The molecule has 0 atom stereocenters. The van der Waals surface area contributed by atoms with E-state index in [9.17, 15) is 14.9 Å². The first kappa shape index (κ1) is 18.1. The van der Waals surface area contributed by atoms with Gasteiger partial charge >= 0.3 is 0 Å². The monoisotopic (exact) mass is 366 g/mol. The van der Waals surface area contributed by atoms with Crippen LogP contribution in [0.5, 0.6) is 5.75 Å². The number of benzene rings is 2. The van der Waals surface area contributed by atoms with Gasteiger partial charge in [0.2, 0.25) is 0 Å². The lowest BCUT2D eigenvalue weighted by molar-refractivity contribution is -0.384. The number of hydrogen-bond acceptors (Lipinski definition) is 5. The van der Waals surface area contributed by atoms with Gasteiger partial charge in [0.25, 0.3) is 11.6 Å². The molecule has 0 radical (unpaired) electrons. The Labute approximate surface area is 155 Å². The van der Waals surface area contributed by atoms with Crippen LogP contribution in [-0.2, 0) is 0 Å². The van der Waals surface area contributed by atoms with Gasteiger partial charge in [-0.15, -0.1) is 0 Å². The number of amides is 1. The SMILES string of the molecule is CC(C)Oc1ccccc1NC(=O)c1cnn(-c2ccc([N+](=O)[O-])cc2)c1. The van der Waals surface area contributed by atoms with Gasteiger partial charge in [0.05, 0.1) is 34.2 Å². The van der Waals surface area contributed by atoms with Crippen molar-refractivity contribution in [2.45, 2.75) is 20.0 Å². The number of ether oxygens (including phenoxy) is 1. The van der Waals surface area contributed by atoms with Gasteiger partial charge in [-0.05, 0) is 38.1 Å². The number of nitrogens with one attached hydrogen (secondary N) is 1. The number of nitrogens with zero attached hydrogens (tertiary/aromatic N) is 3. The average Bonchev–Trinajstić information content (AvgIpc) is 3.13. The maximum atomic E-state index is 12.5. The van der Waals surface area contributed by atoms with E-state index in [0.717, 1.165) is 0 Å². The number of hydrogen-bond donors (Lipinski definition) is 1. The fourth-order valence-corrected chi connectivity index (χ4v) is 2.43. The van der Waals surface area contributed by atoms with Crippen molar-refractivity contribution in [3.8, 4) is 11.4 Å². The molecule has 3 rings (SSSR count). The van der Waals surface area contributed by atoms with Gasteiger partial charge in [-0.3, -0.25) is 14.9 Å². The number of carbonyl (C=O) groups excluding carboxylic acids is 1. The van der Waals surface area contributed by atoms with Crippen molar-refractivity contribution < 1.29 is 14.5 Å². The molecule has 1 heterocycles. The Morgan fingerprint density at radius 3 is 2.56 bits per heavy atom. The van der Waals surface area contributed by atoms with Crippen LogP contribution in [0.2, 0.25) is 0 Å². The molecule has 3 aromatic rings. The summed E-state index contributed by atoms with van der Waals surface area (Å²) in [6, 6.07) is 13.1. The predicted octanol–water partition coefficient (Wildman–Crippen LogP) is 3.82. The molecule has 0 saturated carbocycles. The second-order valence-corrected chi connectivity index (χ2v) is 6.06. The fourth-order valence-electron chi connectivity index (χ4n) is 2.43. The number of nitro groups is 1. The lowest BCUT2D eigenvalue weighted by Gasteiger charge is -2.14. The first-order valence-electron chi connectivity index (χ1n) is 8.30. The fraction of sp³-hybridized carbons (Fsp3) is 0.158. The van der Waals surface area contributed by atoms with Crippen molar-refractivity contribution in [3.05, 3.63) is 76.6 Å². The summed E-state index contributed by atoms with van der Waals surface area (Å²) in [5.74, 6) is 0.256. The molecule has 0 aliphatic carbocycles. The molecule has 0 unspecified atom stereocenters. The summed E-state index contributed by atoms with van der Waals surface area (Å²) in [7, 11) is 0. The molecule has 0 saturated heterocycles. The molecule has 8 nitrogen and oxygen atoms in total. The van der Waals surface area contributed by atoms with Gasteiger partial charge in [0.15, 0.2) is 0 Å². The molecule has 138 valence electrons. The number of non-ortho nitro benzene ring substituents is 1. The summed E-state index contributed by atoms with van der Waals surface area (Å²) in [5.41, 5.74) is 1.53. The van der Waals surface area contributed by atoms with Crippen LogP contribution in [0.25, 0.3) is 5.69 Å². The summed E-state index contributed by atoms with van der Waals surface area (Å²) in [6.07, 6.45) is 2.97. The number of rotatable bonds is 6. The molecule has 0 aliphatic rings. The third-order valence-electron chi connectivity index (χ3n) is 3.67. The second-order valence-electron chi connectivity index (χ2n) is 6.06. The zero-order valence-corrected chi connectivity index (χ0v) is 14.8. The van der Waals surface area contributed by atoms with E-state index in [-0.39, 0.29) is 17.7 Å². The lowest BCUT2D eigenvalue weighted by atomic mass is 10.2. The van der Waals surface area contributed by atoms with Gasteiger partial charge in [-0.1, -0.05) is 12.1 Å². The molecule has 0 spiro atoms. The quantitative estimate of drug-likeness (QED) is 0.528. The van der Waals surface area contributed by atoms with Crippen molar-refractivity contribution >= 4 is 17.3 Å². The highest BCUT2D eigenvalue weighted by atomic mass is 16.6. The standard InChI is InChI=1S/C19H18N4O4/c1-13(2)27-18-6-4-3-5-17(18)21-19(24)14-11-20-22(12-14)15-7-9-16(10-8-15)23(25)26/h3-13H,1-2H3,(H,21,24). The van der Waals surface area contributed by atoms with E-state index in [0.29, 0.717) is 22.7 Å². The summed E-state index contributed by atoms with van der Waals surface area (Å²) in [4.78, 5) is 22.8. The Hall–Kier alpha value is -3.68. The van der Waals surface area contributed by atoms with Gasteiger partial charge in [0, 0.05) is 18.3 Å². The highest BCUT2D eigenvalue weighted by Gasteiger charge is 2.13. The molecule has 8 heteroatoms. The van der Waals surface area contributed by atoms with E-state index in [1.165, 1.54) is 23.0 Å². The smallest absolute Gasteiger partial charge is 0.269 e. The highest BCUT2D eigenvalue weighted by Crippen LogP contribution is 2.25. The van der Waals surface area contributed by atoms with Crippen LogP contribution >= 0.6 is 0 Å². The third kappa shape index (κ3) is 4.30. The summed E-state index contributed by atoms with van der Waals surface area (Å²) in [5, 5.41) is 17.7. The lowest BCUT2D eigenvalue weighted by Crippen LogP contribution is -2.14. The van der Waals surface area contributed by atoms with Crippen molar-refractivity contribution in [2.75, 3.05) is 5.32 Å². The molecule has 1 N–H and O–H groups in total. The molecular formula is C19H18N4O4. The molecular weight excluding hydrogens is 348 g/mol. The van der Waals surface area contributed by atoms with Crippen molar-refractivity contribution in [1.29, 1.82) is 0 Å². The number of carbonyl (C=O) groups is 1. The first-order chi connectivity index (χ1) is 12.9. The van der Waals surface area contributed by atoms with Crippen LogP contribution in [0.4, 0.5) is 11.4 Å². The summed E-state index contributed by atoms with van der Waals surface area (Å²) < 4.78 is 7.18. The molecule has 1 amide bonds. The van der Waals surface area contributed by atoms with E-state index in [1.807, 2.05) is 26.0 Å². The minimum Gasteiger partial charge on any atom is -0.489 e. The average molecular weight is 366 g/mol. The zero-order valence-electron chi connectivity index (χ0n) is 14.8.